The summed E-state index contributed by atoms with van der Waals surface area (Å²) in [6.07, 6.45) is 9.73. The van der Waals surface area contributed by atoms with Crippen molar-refractivity contribution in [2.24, 2.45) is 11.8 Å². The minimum Gasteiger partial charge on any atom is -0.303 e. The number of nitrogens with zero attached hydrogens (tertiary/aromatic N) is 1. The van der Waals surface area contributed by atoms with Gasteiger partial charge in [0, 0.05) is 18.4 Å². The van der Waals surface area contributed by atoms with Gasteiger partial charge in [0.15, 0.2) is 0 Å². The predicted octanol–water partition coefficient (Wildman–Crippen LogP) is 3.26. The number of ketones is 1. The van der Waals surface area contributed by atoms with Crippen LogP contribution in [0.1, 0.15) is 58.3 Å². The third kappa shape index (κ3) is 3.54. The molecule has 2 fully saturated rings. The third-order valence-corrected chi connectivity index (χ3v) is 4.79. The maximum absolute atomic E-state index is 11.6. The lowest BCUT2D eigenvalue weighted by Crippen LogP contribution is -2.37. The van der Waals surface area contributed by atoms with Gasteiger partial charge in [0.25, 0.3) is 0 Å². The van der Waals surface area contributed by atoms with Gasteiger partial charge in [-0.2, -0.15) is 0 Å². The van der Waals surface area contributed by atoms with E-state index in [2.05, 4.69) is 18.9 Å². The van der Waals surface area contributed by atoms with Crippen LogP contribution in [0.5, 0.6) is 0 Å². The highest BCUT2D eigenvalue weighted by atomic mass is 16.1. The van der Waals surface area contributed by atoms with Gasteiger partial charge < -0.3 is 4.90 Å². The molecule has 2 aliphatic carbocycles. The number of hydrogen-bond acceptors (Lipinski definition) is 2. The molecule has 2 aliphatic rings. The first-order valence-corrected chi connectivity index (χ1v) is 7.39. The van der Waals surface area contributed by atoms with E-state index in [1.807, 2.05) is 0 Å². The van der Waals surface area contributed by atoms with E-state index >= 15 is 0 Å². The van der Waals surface area contributed by atoms with Crippen molar-refractivity contribution in [3.8, 4) is 0 Å². The minimum atomic E-state index is 0.387. The van der Waals surface area contributed by atoms with Crippen LogP contribution in [0.4, 0.5) is 0 Å². The smallest absolute Gasteiger partial charge is 0.136 e. The monoisotopic (exact) mass is 237 g/mol. The quantitative estimate of drug-likeness (QED) is 0.748. The third-order valence-electron chi connectivity index (χ3n) is 4.79. The second-order valence-corrected chi connectivity index (χ2v) is 6.25. The maximum atomic E-state index is 11.6. The molecule has 3 atom stereocenters. The summed E-state index contributed by atoms with van der Waals surface area (Å²) in [5.74, 6) is 1.80. The van der Waals surface area contributed by atoms with E-state index in [0.717, 1.165) is 44.2 Å². The van der Waals surface area contributed by atoms with Gasteiger partial charge in [-0.05, 0) is 51.6 Å². The summed E-state index contributed by atoms with van der Waals surface area (Å²) in [7, 11) is 2.25. The van der Waals surface area contributed by atoms with Crippen molar-refractivity contribution in [3.05, 3.63) is 0 Å². The summed E-state index contributed by atoms with van der Waals surface area (Å²) >= 11 is 0. The Balaban J connectivity index is 1.72. The first-order chi connectivity index (χ1) is 8.16. The fraction of sp³-hybridized carbons (Fsp3) is 0.933. The van der Waals surface area contributed by atoms with Crippen molar-refractivity contribution < 1.29 is 4.79 Å². The Morgan fingerprint density at radius 2 is 2.06 bits per heavy atom. The number of rotatable bonds is 4. The molecule has 0 aromatic carbocycles. The van der Waals surface area contributed by atoms with Gasteiger partial charge in [-0.1, -0.05) is 19.8 Å². The van der Waals surface area contributed by atoms with Crippen molar-refractivity contribution in [3.63, 3.8) is 0 Å². The molecule has 0 aromatic heterocycles. The zero-order valence-corrected chi connectivity index (χ0v) is 11.5. The second-order valence-electron chi connectivity index (χ2n) is 6.25. The fourth-order valence-electron chi connectivity index (χ4n) is 3.54. The van der Waals surface area contributed by atoms with Crippen LogP contribution in [0, 0.1) is 11.8 Å². The van der Waals surface area contributed by atoms with Gasteiger partial charge in [0.2, 0.25) is 0 Å². The molecule has 0 spiro atoms. The van der Waals surface area contributed by atoms with E-state index in [1.165, 1.54) is 25.7 Å². The molecule has 2 rings (SSSR count). The molecule has 0 amide bonds. The molecule has 0 aromatic rings. The molecule has 17 heavy (non-hydrogen) atoms. The Morgan fingerprint density at radius 3 is 2.71 bits per heavy atom. The average molecular weight is 237 g/mol. The predicted molar refractivity (Wildman–Crippen MR) is 71.0 cm³/mol. The van der Waals surface area contributed by atoms with E-state index in [-0.39, 0.29) is 0 Å². The van der Waals surface area contributed by atoms with Crippen LogP contribution < -0.4 is 0 Å². The first-order valence-electron chi connectivity index (χ1n) is 7.39. The topological polar surface area (TPSA) is 20.3 Å². The summed E-state index contributed by atoms with van der Waals surface area (Å²) in [6, 6.07) is 0.773. The van der Waals surface area contributed by atoms with Crippen molar-refractivity contribution >= 4 is 5.78 Å². The Bertz CT molecular complexity index is 264. The van der Waals surface area contributed by atoms with Gasteiger partial charge in [-0.3, -0.25) is 4.79 Å². The Morgan fingerprint density at radius 1 is 1.24 bits per heavy atom. The van der Waals surface area contributed by atoms with Gasteiger partial charge in [-0.25, -0.2) is 0 Å². The summed E-state index contributed by atoms with van der Waals surface area (Å²) in [4.78, 5) is 14.1. The van der Waals surface area contributed by atoms with Crippen LogP contribution >= 0.6 is 0 Å². The Kier molecular flexibility index (Phi) is 4.61. The van der Waals surface area contributed by atoms with E-state index in [4.69, 9.17) is 0 Å². The highest BCUT2D eigenvalue weighted by molar-refractivity contribution is 5.82. The molecule has 0 aliphatic heterocycles. The van der Waals surface area contributed by atoms with E-state index in [1.54, 1.807) is 0 Å². The normalized spacial score (nSPS) is 34.5. The molecule has 3 unspecified atom stereocenters. The molecule has 98 valence electrons. The molecule has 0 radical (unpaired) electrons. The second kappa shape index (κ2) is 5.99. The number of carbonyl (C=O) groups excluding carboxylic acids is 1. The average Bonchev–Trinajstić information content (AvgIpc) is 2.72. The maximum Gasteiger partial charge on any atom is 0.136 e. The molecular formula is C15H27NO. The van der Waals surface area contributed by atoms with Crippen LogP contribution in [0.25, 0.3) is 0 Å². The van der Waals surface area contributed by atoms with Crippen LogP contribution in [0.3, 0.4) is 0 Å². The number of carbonyl (C=O) groups is 1. The van der Waals surface area contributed by atoms with Crippen molar-refractivity contribution in [1.29, 1.82) is 0 Å². The first kappa shape index (κ1) is 13.1. The van der Waals surface area contributed by atoms with Gasteiger partial charge in [-0.15, -0.1) is 0 Å². The highest BCUT2D eigenvalue weighted by Crippen LogP contribution is 2.28. The van der Waals surface area contributed by atoms with Gasteiger partial charge in [0.05, 0.1) is 0 Å². The van der Waals surface area contributed by atoms with E-state index in [9.17, 15) is 4.79 Å². The zero-order valence-electron chi connectivity index (χ0n) is 11.5. The Labute approximate surface area is 106 Å². The van der Waals surface area contributed by atoms with Gasteiger partial charge >= 0.3 is 0 Å². The zero-order chi connectivity index (χ0) is 12.3. The minimum absolute atomic E-state index is 0.387. The molecular weight excluding hydrogens is 210 g/mol. The largest absolute Gasteiger partial charge is 0.303 e. The van der Waals surface area contributed by atoms with Crippen LogP contribution in [-0.4, -0.2) is 30.3 Å². The lowest BCUT2D eigenvalue weighted by molar-refractivity contribution is -0.120. The molecule has 2 saturated carbocycles. The van der Waals surface area contributed by atoms with E-state index < -0.39 is 0 Å². The van der Waals surface area contributed by atoms with Crippen LogP contribution in [0.2, 0.25) is 0 Å². The molecule has 0 bridgehead atoms. The molecule has 0 N–H and O–H groups in total. The highest BCUT2D eigenvalue weighted by Gasteiger charge is 2.26. The number of hydrogen-bond donors (Lipinski definition) is 0. The lowest BCUT2D eigenvalue weighted by Gasteiger charge is -2.34. The van der Waals surface area contributed by atoms with Crippen molar-refractivity contribution in [1.82, 2.24) is 4.90 Å². The van der Waals surface area contributed by atoms with Crippen LogP contribution in [-0.2, 0) is 4.79 Å². The lowest BCUT2D eigenvalue weighted by atomic mass is 9.86. The summed E-state index contributed by atoms with van der Waals surface area (Å²) in [5, 5.41) is 0. The van der Waals surface area contributed by atoms with Crippen LogP contribution in [0.15, 0.2) is 0 Å². The Hall–Kier alpha value is -0.370. The van der Waals surface area contributed by atoms with Gasteiger partial charge in [0.1, 0.15) is 5.78 Å². The molecule has 2 heteroatoms. The van der Waals surface area contributed by atoms with Crippen molar-refractivity contribution in [2.75, 3.05) is 13.6 Å². The van der Waals surface area contributed by atoms with E-state index in [0.29, 0.717) is 11.7 Å². The summed E-state index contributed by atoms with van der Waals surface area (Å²) in [5.41, 5.74) is 0. The fourth-order valence-corrected chi connectivity index (χ4v) is 3.54. The molecule has 2 nitrogen and oxygen atoms in total. The summed E-state index contributed by atoms with van der Waals surface area (Å²) < 4.78 is 0. The summed E-state index contributed by atoms with van der Waals surface area (Å²) in [6.45, 7) is 3.49. The molecule has 0 saturated heterocycles. The number of Topliss-reactive ketones (excluding diaryl/α,β-unsaturated/α-hetero) is 1. The SMILES string of the molecule is CC1CCCC(N(C)CCC2CCCC2=O)C1. The van der Waals surface area contributed by atoms with Crippen molar-refractivity contribution in [2.45, 2.75) is 64.3 Å². The standard InChI is InChI=1S/C15H27NO/c1-12-5-3-7-14(11-12)16(2)10-9-13-6-4-8-15(13)17/h12-14H,3-11H2,1-2H3. The molecule has 0 heterocycles.